The molecule has 3 rings (SSSR count). The topological polar surface area (TPSA) is 99.5 Å². The molecule has 2 heterocycles. The number of carbonyl (C=O) groups is 3. The molecule has 2 fully saturated rings. The lowest BCUT2D eigenvalue weighted by Crippen LogP contribution is -2.47. The van der Waals surface area contributed by atoms with Crippen LogP contribution in [-0.2, 0) is 19.1 Å². The summed E-state index contributed by atoms with van der Waals surface area (Å²) in [5, 5.41) is 11.5. The van der Waals surface area contributed by atoms with Crippen molar-refractivity contribution in [3.63, 3.8) is 0 Å². The minimum Gasteiger partial charge on any atom is -0.454 e. The van der Waals surface area contributed by atoms with Gasteiger partial charge in [-0.25, -0.2) is 4.79 Å². The van der Waals surface area contributed by atoms with Crippen LogP contribution in [0.1, 0.15) is 25.3 Å². The highest BCUT2D eigenvalue weighted by molar-refractivity contribution is 8.01. The zero-order chi connectivity index (χ0) is 18.0. The van der Waals surface area contributed by atoms with E-state index in [0.29, 0.717) is 29.8 Å². The lowest BCUT2D eigenvalue weighted by molar-refractivity contribution is -0.155. The molecule has 130 valence electrons. The molecule has 0 aromatic heterocycles. The molecule has 2 saturated heterocycles. The Kier molecular flexibility index (Phi) is 4.68. The Morgan fingerprint density at radius 1 is 1.48 bits per heavy atom. The van der Waals surface area contributed by atoms with Gasteiger partial charge >= 0.3 is 5.97 Å². The Morgan fingerprint density at radius 2 is 2.24 bits per heavy atom. The normalized spacial score (nSPS) is 24.6. The van der Waals surface area contributed by atoms with Crippen LogP contribution < -0.4 is 5.32 Å². The molecule has 0 bridgehead atoms. The number of hydrogen-bond acceptors (Lipinski definition) is 6. The van der Waals surface area contributed by atoms with Crippen LogP contribution in [0.25, 0.3) is 0 Å². The van der Waals surface area contributed by atoms with Crippen LogP contribution >= 0.6 is 11.8 Å². The number of fused-ring (bicyclic) bond motifs is 1. The second kappa shape index (κ2) is 6.76. The number of anilines is 1. The minimum atomic E-state index is -0.649. The van der Waals surface area contributed by atoms with E-state index in [0.717, 1.165) is 0 Å². The van der Waals surface area contributed by atoms with Crippen LogP contribution in [-0.4, -0.2) is 46.0 Å². The Hall–Kier alpha value is -2.53. The summed E-state index contributed by atoms with van der Waals surface area (Å²) in [6.45, 7) is 1.49. The van der Waals surface area contributed by atoms with Gasteiger partial charge in [0.1, 0.15) is 12.1 Å². The maximum Gasteiger partial charge on any atom is 0.330 e. The zero-order valence-electron chi connectivity index (χ0n) is 13.7. The number of nitrogens with zero attached hydrogens (tertiary/aromatic N) is 2. The Balaban J connectivity index is 1.57. The highest BCUT2D eigenvalue weighted by Gasteiger charge is 2.53. The van der Waals surface area contributed by atoms with Crippen LogP contribution in [0, 0.1) is 11.3 Å². The number of rotatable bonds is 4. The van der Waals surface area contributed by atoms with E-state index in [9.17, 15) is 14.4 Å². The Labute approximate surface area is 149 Å². The summed E-state index contributed by atoms with van der Waals surface area (Å²) in [6.07, 6.45) is 1.14. The second-order valence-electron chi connectivity index (χ2n) is 6.08. The number of thioether (sulfide) groups is 1. The minimum absolute atomic E-state index is 0.0538. The first-order chi connectivity index (χ1) is 11.9. The van der Waals surface area contributed by atoms with Crippen molar-refractivity contribution < 1.29 is 19.1 Å². The molecule has 8 heteroatoms. The molecule has 0 saturated carbocycles. The maximum atomic E-state index is 12.3. The maximum absolute atomic E-state index is 12.3. The monoisotopic (exact) mass is 359 g/mol. The third-order valence-electron chi connectivity index (χ3n) is 4.38. The molecule has 7 nitrogen and oxygen atoms in total. The molecule has 2 amide bonds. The number of nitriles is 1. The number of hydrogen-bond donors (Lipinski definition) is 1. The first-order valence-corrected chi connectivity index (χ1v) is 8.85. The molecular formula is C17H17N3O4S. The molecule has 2 aliphatic rings. The number of carbonyl (C=O) groups excluding carboxylic acids is 3. The largest absolute Gasteiger partial charge is 0.454 e. The van der Waals surface area contributed by atoms with Crippen LogP contribution in [0.3, 0.4) is 0 Å². The van der Waals surface area contributed by atoms with Gasteiger partial charge in [0.05, 0.1) is 16.1 Å². The third-order valence-corrected chi connectivity index (χ3v) is 5.89. The van der Waals surface area contributed by atoms with Gasteiger partial charge in [0.2, 0.25) is 5.91 Å². The van der Waals surface area contributed by atoms with Crippen molar-refractivity contribution in [3.8, 4) is 6.07 Å². The smallest absolute Gasteiger partial charge is 0.330 e. The number of esters is 1. The van der Waals surface area contributed by atoms with E-state index in [1.807, 2.05) is 13.0 Å². The molecule has 25 heavy (non-hydrogen) atoms. The van der Waals surface area contributed by atoms with Crippen molar-refractivity contribution >= 4 is 35.2 Å². The summed E-state index contributed by atoms with van der Waals surface area (Å²) in [5.74, 6) is -0.686. The zero-order valence-corrected chi connectivity index (χ0v) is 14.5. The van der Waals surface area contributed by atoms with Crippen LogP contribution in [0.4, 0.5) is 5.69 Å². The van der Waals surface area contributed by atoms with Crippen molar-refractivity contribution in [2.75, 3.05) is 17.7 Å². The van der Waals surface area contributed by atoms with Gasteiger partial charge < -0.3 is 15.0 Å². The van der Waals surface area contributed by atoms with E-state index in [1.54, 1.807) is 40.9 Å². The first kappa shape index (κ1) is 17.3. The predicted molar refractivity (Wildman–Crippen MR) is 91.5 cm³/mol. The predicted octanol–water partition coefficient (Wildman–Crippen LogP) is 1.49. The number of ether oxygens (including phenoxy) is 1. The molecule has 2 atom stereocenters. The van der Waals surface area contributed by atoms with Crippen LogP contribution in [0.15, 0.2) is 24.3 Å². The van der Waals surface area contributed by atoms with Gasteiger partial charge in [0.25, 0.3) is 5.91 Å². The van der Waals surface area contributed by atoms with Crippen LogP contribution in [0.5, 0.6) is 0 Å². The standard InChI is InChI=1S/C17H17N3O4S/c1-17-7-6-15(22)20(17)13(10-25-17)16(23)24-9-14(21)19-12-5-3-2-4-11(12)8-18/h2-5,13H,6-7,9-10H2,1H3,(H,19,21)/t13-,17-/m1/s1. The van der Waals surface area contributed by atoms with Crippen molar-refractivity contribution in [2.24, 2.45) is 0 Å². The average molecular weight is 359 g/mol. The summed E-state index contributed by atoms with van der Waals surface area (Å²) >= 11 is 1.56. The quantitative estimate of drug-likeness (QED) is 0.818. The van der Waals surface area contributed by atoms with E-state index in [1.165, 1.54) is 0 Å². The molecular weight excluding hydrogens is 342 g/mol. The highest BCUT2D eigenvalue weighted by Crippen LogP contribution is 2.47. The number of amides is 2. The highest BCUT2D eigenvalue weighted by atomic mass is 32.2. The average Bonchev–Trinajstić information content (AvgIpc) is 3.09. The van der Waals surface area contributed by atoms with E-state index < -0.39 is 24.5 Å². The second-order valence-corrected chi connectivity index (χ2v) is 7.58. The molecule has 2 aliphatic heterocycles. The fourth-order valence-corrected chi connectivity index (χ4v) is 4.52. The van der Waals surface area contributed by atoms with Gasteiger partial charge in [0.15, 0.2) is 6.61 Å². The van der Waals surface area contributed by atoms with Gasteiger partial charge in [-0.05, 0) is 25.5 Å². The fourth-order valence-electron chi connectivity index (χ4n) is 3.10. The van der Waals surface area contributed by atoms with E-state index in [-0.39, 0.29) is 10.8 Å². The molecule has 1 aromatic carbocycles. The van der Waals surface area contributed by atoms with Crippen molar-refractivity contribution in [3.05, 3.63) is 29.8 Å². The summed E-state index contributed by atoms with van der Waals surface area (Å²) in [5.41, 5.74) is 0.692. The van der Waals surface area contributed by atoms with E-state index in [4.69, 9.17) is 10.00 Å². The van der Waals surface area contributed by atoms with Crippen molar-refractivity contribution in [1.29, 1.82) is 5.26 Å². The molecule has 1 N–H and O–H groups in total. The number of benzene rings is 1. The van der Waals surface area contributed by atoms with E-state index >= 15 is 0 Å². The van der Waals surface area contributed by atoms with Gasteiger partial charge in [-0.3, -0.25) is 9.59 Å². The SMILES string of the molecule is C[C@@]12CCC(=O)N1[C@@H](C(=O)OCC(=O)Nc1ccccc1C#N)CS2. The molecule has 0 spiro atoms. The summed E-state index contributed by atoms with van der Waals surface area (Å²) < 4.78 is 5.09. The van der Waals surface area contributed by atoms with Gasteiger partial charge in [-0.15, -0.1) is 11.8 Å². The fraction of sp³-hybridized carbons (Fsp3) is 0.412. The van der Waals surface area contributed by atoms with Crippen LogP contribution in [0.2, 0.25) is 0 Å². The van der Waals surface area contributed by atoms with Gasteiger partial charge in [-0.1, -0.05) is 12.1 Å². The summed E-state index contributed by atoms with van der Waals surface area (Å²) in [6, 6.07) is 7.89. The molecule has 0 aliphatic carbocycles. The van der Waals surface area contributed by atoms with Crippen molar-refractivity contribution in [1.82, 2.24) is 4.90 Å². The number of para-hydroxylation sites is 1. The Morgan fingerprint density at radius 3 is 3.00 bits per heavy atom. The molecule has 1 aromatic rings. The lowest BCUT2D eigenvalue weighted by Gasteiger charge is -2.29. The molecule has 0 unspecified atom stereocenters. The van der Waals surface area contributed by atoms with Gasteiger partial charge in [-0.2, -0.15) is 5.26 Å². The van der Waals surface area contributed by atoms with Crippen molar-refractivity contribution in [2.45, 2.75) is 30.7 Å². The number of nitrogens with one attached hydrogen (secondary N) is 1. The third kappa shape index (κ3) is 3.33. The lowest BCUT2D eigenvalue weighted by atomic mass is 10.2. The van der Waals surface area contributed by atoms with Gasteiger partial charge in [0, 0.05) is 12.2 Å². The summed E-state index contributed by atoms with van der Waals surface area (Å²) in [7, 11) is 0. The summed E-state index contributed by atoms with van der Waals surface area (Å²) in [4.78, 5) is 37.5. The van der Waals surface area contributed by atoms with E-state index in [2.05, 4.69) is 5.32 Å². The molecule has 0 radical (unpaired) electrons. The Bertz CT molecular complexity index is 775. The first-order valence-electron chi connectivity index (χ1n) is 7.86.